The number of aryl methyl sites for hydroxylation is 2. The van der Waals surface area contributed by atoms with Gasteiger partial charge in [-0.15, -0.1) is 11.3 Å². The van der Waals surface area contributed by atoms with Crippen LogP contribution in [0.25, 0.3) is 10.2 Å². The molecule has 22 heavy (non-hydrogen) atoms. The Morgan fingerprint density at radius 1 is 1.55 bits per heavy atom. The molecule has 2 aromatic heterocycles. The first-order valence-electron chi connectivity index (χ1n) is 7.79. The molecule has 1 aliphatic carbocycles. The average Bonchev–Trinajstić information content (AvgIpc) is 2.83. The third kappa shape index (κ3) is 2.26. The van der Waals surface area contributed by atoms with E-state index in [-0.39, 0.29) is 5.56 Å². The lowest BCUT2D eigenvalue weighted by Crippen LogP contribution is -2.35. The molecule has 0 saturated heterocycles. The fourth-order valence-electron chi connectivity index (χ4n) is 3.22. The van der Waals surface area contributed by atoms with Crippen LogP contribution < -0.4 is 11.3 Å². The molecule has 0 fully saturated rings. The average molecular weight is 319 g/mol. The Balaban J connectivity index is 2.31. The first kappa shape index (κ1) is 15.2. The molecular formula is C16H21N3O2S. The first-order valence-corrected chi connectivity index (χ1v) is 8.60. The third-order valence-corrected chi connectivity index (χ3v) is 5.70. The number of primary amides is 1. The van der Waals surface area contributed by atoms with E-state index in [1.807, 2.05) is 6.92 Å². The van der Waals surface area contributed by atoms with Gasteiger partial charge in [0.1, 0.15) is 16.7 Å². The van der Waals surface area contributed by atoms with E-state index in [4.69, 9.17) is 5.73 Å². The van der Waals surface area contributed by atoms with Gasteiger partial charge in [0.15, 0.2) is 0 Å². The Kier molecular flexibility index (Phi) is 3.80. The molecule has 2 unspecified atom stereocenters. The lowest BCUT2D eigenvalue weighted by molar-refractivity contribution is -0.120. The van der Waals surface area contributed by atoms with E-state index in [1.165, 1.54) is 9.44 Å². The summed E-state index contributed by atoms with van der Waals surface area (Å²) in [5, 5.41) is 0.706. The summed E-state index contributed by atoms with van der Waals surface area (Å²) in [5.41, 5.74) is 6.44. The standard InChI is InChI=1S/C16H21N3O2S/c1-4-12-18-15-13(16(21)19(12)9(3)14(17)20)10-6-5-8(2)7-11(10)22-15/h8-9H,4-7H2,1-3H3,(H2,17,20). The molecule has 0 radical (unpaired) electrons. The maximum absolute atomic E-state index is 13.0. The molecule has 0 aliphatic heterocycles. The van der Waals surface area contributed by atoms with Gasteiger partial charge in [-0.2, -0.15) is 0 Å². The topological polar surface area (TPSA) is 78.0 Å². The van der Waals surface area contributed by atoms with Crippen LogP contribution in [0.2, 0.25) is 0 Å². The minimum Gasteiger partial charge on any atom is -0.368 e. The predicted octanol–water partition coefficient (Wildman–Crippen LogP) is 2.19. The molecule has 2 heterocycles. The zero-order chi connectivity index (χ0) is 16.0. The summed E-state index contributed by atoms with van der Waals surface area (Å²) in [7, 11) is 0. The van der Waals surface area contributed by atoms with E-state index >= 15 is 0 Å². The number of nitrogens with two attached hydrogens (primary N) is 1. The summed E-state index contributed by atoms with van der Waals surface area (Å²) < 4.78 is 1.48. The Bertz CT molecular complexity index is 806. The van der Waals surface area contributed by atoms with Gasteiger partial charge < -0.3 is 5.73 Å². The van der Waals surface area contributed by atoms with Crippen molar-refractivity contribution in [2.45, 2.75) is 52.5 Å². The minimum atomic E-state index is -0.669. The van der Waals surface area contributed by atoms with Crippen LogP contribution in [0.5, 0.6) is 0 Å². The molecule has 3 rings (SSSR count). The van der Waals surface area contributed by atoms with Gasteiger partial charge in [-0.25, -0.2) is 4.98 Å². The van der Waals surface area contributed by atoms with Crippen molar-refractivity contribution in [2.24, 2.45) is 11.7 Å². The van der Waals surface area contributed by atoms with Crippen LogP contribution in [-0.2, 0) is 24.1 Å². The molecule has 2 aromatic rings. The summed E-state index contributed by atoms with van der Waals surface area (Å²) in [6.07, 6.45) is 3.63. The lowest BCUT2D eigenvalue weighted by Gasteiger charge is -2.18. The van der Waals surface area contributed by atoms with E-state index in [2.05, 4.69) is 11.9 Å². The number of nitrogens with zero attached hydrogens (tertiary/aromatic N) is 2. The molecule has 0 aromatic carbocycles. The number of carbonyl (C=O) groups is 1. The second-order valence-electron chi connectivity index (χ2n) is 6.17. The van der Waals surface area contributed by atoms with E-state index in [0.717, 1.165) is 29.7 Å². The molecule has 0 bridgehead atoms. The van der Waals surface area contributed by atoms with Gasteiger partial charge in [0.05, 0.1) is 5.39 Å². The van der Waals surface area contributed by atoms with Crippen LogP contribution in [0, 0.1) is 5.92 Å². The smallest absolute Gasteiger partial charge is 0.263 e. The lowest BCUT2D eigenvalue weighted by atomic mass is 9.89. The Morgan fingerprint density at radius 3 is 2.91 bits per heavy atom. The molecule has 1 aliphatic rings. The summed E-state index contributed by atoms with van der Waals surface area (Å²) >= 11 is 1.64. The first-order chi connectivity index (χ1) is 10.4. The van der Waals surface area contributed by atoms with Crippen molar-refractivity contribution >= 4 is 27.5 Å². The molecule has 118 valence electrons. The Morgan fingerprint density at radius 2 is 2.27 bits per heavy atom. The highest BCUT2D eigenvalue weighted by molar-refractivity contribution is 7.18. The number of amides is 1. The zero-order valence-corrected chi connectivity index (χ0v) is 14.0. The minimum absolute atomic E-state index is 0.111. The third-order valence-electron chi connectivity index (χ3n) is 4.55. The van der Waals surface area contributed by atoms with Crippen molar-refractivity contribution in [3.05, 3.63) is 26.6 Å². The van der Waals surface area contributed by atoms with Gasteiger partial charge in [-0.1, -0.05) is 13.8 Å². The molecule has 2 N–H and O–H groups in total. The van der Waals surface area contributed by atoms with E-state index in [1.54, 1.807) is 18.3 Å². The molecule has 5 nitrogen and oxygen atoms in total. The van der Waals surface area contributed by atoms with Crippen molar-refractivity contribution in [3.8, 4) is 0 Å². The van der Waals surface area contributed by atoms with Crippen LogP contribution in [0.1, 0.15) is 49.5 Å². The summed E-state index contributed by atoms with van der Waals surface area (Å²) in [5.74, 6) is 0.782. The molecule has 0 spiro atoms. The molecule has 0 saturated carbocycles. The largest absolute Gasteiger partial charge is 0.368 e. The second kappa shape index (κ2) is 5.50. The van der Waals surface area contributed by atoms with Gasteiger partial charge in [0.25, 0.3) is 5.56 Å². The maximum atomic E-state index is 13.0. The summed E-state index contributed by atoms with van der Waals surface area (Å²) in [4.78, 5) is 31.3. The van der Waals surface area contributed by atoms with Gasteiger partial charge >= 0.3 is 0 Å². The van der Waals surface area contributed by atoms with Crippen LogP contribution in [0.4, 0.5) is 0 Å². The molecular weight excluding hydrogens is 298 g/mol. The predicted molar refractivity (Wildman–Crippen MR) is 88.4 cm³/mol. The monoisotopic (exact) mass is 319 g/mol. The normalized spacial score (nSPS) is 19.1. The van der Waals surface area contributed by atoms with Gasteiger partial charge in [-0.3, -0.25) is 14.2 Å². The number of fused-ring (bicyclic) bond motifs is 3. The van der Waals surface area contributed by atoms with Crippen LogP contribution >= 0.6 is 11.3 Å². The Hall–Kier alpha value is -1.69. The number of thiophene rings is 1. The quantitative estimate of drug-likeness (QED) is 0.942. The Labute approximate surface area is 133 Å². The van der Waals surface area contributed by atoms with E-state index in [0.29, 0.717) is 23.5 Å². The van der Waals surface area contributed by atoms with Gasteiger partial charge in [-0.05, 0) is 37.7 Å². The highest BCUT2D eigenvalue weighted by Crippen LogP contribution is 2.36. The summed E-state index contributed by atoms with van der Waals surface area (Å²) in [6, 6.07) is -0.669. The van der Waals surface area contributed by atoms with E-state index in [9.17, 15) is 9.59 Å². The van der Waals surface area contributed by atoms with Crippen molar-refractivity contribution in [2.75, 3.05) is 0 Å². The van der Waals surface area contributed by atoms with Gasteiger partial charge in [0, 0.05) is 11.3 Å². The number of aromatic nitrogens is 2. The number of rotatable bonds is 3. The number of hydrogen-bond acceptors (Lipinski definition) is 4. The fraction of sp³-hybridized carbons (Fsp3) is 0.562. The van der Waals surface area contributed by atoms with Crippen molar-refractivity contribution in [1.82, 2.24) is 9.55 Å². The van der Waals surface area contributed by atoms with Crippen molar-refractivity contribution in [3.63, 3.8) is 0 Å². The van der Waals surface area contributed by atoms with E-state index < -0.39 is 11.9 Å². The molecule has 1 amide bonds. The second-order valence-corrected chi connectivity index (χ2v) is 7.25. The molecule has 6 heteroatoms. The SMILES string of the molecule is CCc1nc2sc3c(c2c(=O)n1C(C)C(N)=O)CCC(C)C3. The van der Waals surface area contributed by atoms with Crippen LogP contribution in [0.15, 0.2) is 4.79 Å². The molecule has 2 atom stereocenters. The van der Waals surface area contributed by atoms with Crippen molar-refractivity contribution in [1.29, 1.82) is 0 Å². The number of hydrogen-bond donors (Lipinski definition) is 1. The van der Waals surface area contributed by atoms with Crippen LogP contribution in [-0.4, -0.2) is 15.5 Å². The summed E-state index contributed by atoms with van der Waals surface area (Å²) in [6.45, 7) is 5.84. The zero-order valence-electron chi connectivity index (χ0n) is 13.2. The fourth-order valence-corrected chi connectivity index (χ4v) is 4.61. The van der Waals surface area contributed by atoms with Gasteiger partial charge in [0.2, 0.25) is 5.91 Å². The highest BCUT2D eigenvalue weighted by Gasteiger charge is 2.26. The maximum Gasteiger partial charge on any atom is 0.263 e. The number of carbonyl (C=O) groups excluding carboxylic acids is 1. The highest BCUT2D eigenvalue weighted by atomic mass is 32.1. The van der Waals surface area contributed by atoms with Crippen LogP contribution in [0.3, 0.4) is 0 Å². The van der Waals surface area contributed by atoms with Crippen molar-refractivity contribution < 1.29 is 4.79 Å².